The standard InChI is InChI=1S/C23H28FNO3S/c1-21(2,3)19-14-23(22(4,5)6,12-11-20(19)26)13-18(15-25)29(27,28)17-9-7-16(24)8-10-17/h7-13,26H,14H2,1-6H3/b18-13+. The summed E-state index contributed by atoms with van der Waals surface area (Å²) >= 11 is 0. The van der Waals surface area contributed by atoms with Crippen molar-refractivity contribution in [2.24, 2.45) is 16.2 Å². The molecule has 0 saturated carbocycles. The monoisotopic (exact) mass is 417 g/mol. The normalized spacial score (nSPS) is 21.2. The smallest absolute Gasteiger partial charge is 0.216 e. The van der Waals surface area contributed by atoms with Gasteiger partial charge in [-0.05, 0) is 59.2 Å². The molecule has 0 spiro atoms. The predicted molar refractivity (Wildman–Crippen MR) is 112 cm³/mol. The Morgan fingerprint density at radius 1 is 1.17 bits per heavy atom. The zero-order valence-corrected chi connectivity index (χ0v) is 18.6. The molecule has 1 atom stereocenters. The molecule has 1 N–H and O–H groups in total. The first-order valence-corrected chi connectivity index (χ1v) is 10.9. The molecule has 1 aliphatic carbocycles. The number of rotatable bonds is 3. The Morgan fingerprint density at radius 3 is 2.17 bits per heavy atom. The Balaban J connectivity index is 2.68. The van der Waals surface area contributed by atoms with Gasteiger partial charge in [-0.1, -0.05) is 47.6 Å². The lowest BCUT2D eigenvalue weighted by atomic mass is 9.59. The average Bonchev–Trinajstić information content (AvgIpc) is 2.59. The summed E-state index contributed by atoms with van der Waals surface area (Å²) in [6, 6.07) is 6.25. The van der Waals surface area contributed by atoms with E-state index in [0.29, 0.717) is 6.42 Å². The lowest BCUT2D eigenvalue weighted by Gasteiger charge is -2.45. The molecule has 0 aliphatic heterocycles. The third-order valence-corrected chi connectivity index (χ3v) is 7.21. The molecule has 1 aromatic carbocycles. The first kappa shape index (κ1) is 22.9. The maximum Gasteiger partial charge on any atom is 0.216 e. The van der Waals surface area contributed by atoms with Crippen LogP contribution in [0.2, 0.25) is 0 Å². The Hall–Kier alpha value is -2.39. The maximum absolute atomic E-state index is 13.2. The third-order valence-electron chi connectivity index (χ3n) is 5.53. The van der Waals surface area contributed by atoms with Gasteiger partial charge in [-0.2, -0.15) is 5.26 Å². The fourth-order valence-electron chi connectivity index (χ4n) is 3.40. The summed E-state index contributed by atoms with van der Waals surface area (Å²) in [5, 5.41) is 20.1. The molecule has 0 fully saturated rings. The molecule has 4 nitrogen and oxygen atoms in total. The maximum atomic E-state index is 13.2. The molecule has 0 aromatic heterocycles. The molecule has 156 valence electrons. The van der Waals surface area contributed by atoms with Crippen LogP contribution in [0.15, 0.2) is 63.6 Å². The Morgan fingerprint density at radius 2 is 1.72 bits per heavy atom. The molecule has 0 bridgehead atoms. The molecular formula is C23H28FNO3S. The van der Waals surface area contributed by atoms with Crippen molar-refractivity contribution >= 4 is 9.84 Å². The second-order valence-electron chi connectivity index (χ2n) is 9.49. The van der Waals surface area contributed by atoms with Crippen LogP contribution in [0.5, 0.6) is 0 Å². The van der Waals surface area contributed by atoms with Crippen molar-refractivity contribution in [1.82, 2.24) is 0 Å². The van der Waals surface area contributed by atoms with Gasteiger partial charge in [0.05, 0.1) is 4.90 Å². The van der Waals surface area contributed by atoms with Gasteiger partial charge in [0.25, 0.3) is 0 Å². The molecule has 0 saturated heterocycles. The van der Waals surface area contributed by atoms with E-state index in [0.717, 1.165) is 29.8 Å². The van der Waals surface area contributed by atoms with E-state index in [-0.39, 0.29) is 16.1 Å². The first-order valence-electron chi connectivity index (χ1n) is 9.39. The van der Waals surface area contributed by atoms with Crippen molar-refractivity contribution in [2.75, 3.05) is 0 Å². The van der Waals surface area contributed by atoms with Crippen molar-refractivity contribution in [2.45, 2.75) is 52.9 Å². The van der Waals surface area contributed by atoms with Crippen LogP contribution in [0.25, 0.3) is 0 Å². The third kappa shape index (κ3) is 4.45. The van der Waals surface area contributed by atoms with Crippen LogP contribution < -0.4 is 0 Å². The van der Waals surface area contributed by atoms with Crippen molar-refractivity contribution in [3.8, 4) is 6.07 Å². The summed E-state index contributed by atoms with van der Waals surface area (Å²) in [6.07, 6.45) is 5.23. The summed E-state index contributed by atoms with van der Waals surface area (Å²) in [6.45, 7) is 11.8. The van der Waals surface area contributed by atoms with Gasteiger partial charge in [-0.3, -0.25) is 0 Å². The Bertz CT molecular complexity index is 1030. The van der Waals surface area contributed by atoms with Gasteiger partial charge >= 0.3 is 0 Å². The zero-order valence-electron chi connectivity index (χ0n) is 17.7. The molecule has 29 heavy (non-hydrogen) atoms. The highest BCUT2D eigenvalue weighted by Gasteiger charge is 2.44. The molecule has 2 rings (SSSR count). The van der Waals surface area contributed by atoms with Gasteiger partial charge in [0.2, 0.25) is 9.84 Å². The SMILES string of the molecule is CC(C)(C)C1=C(O)C=CC(/C=C(\C#N)S(=O)(=O)c2ccc(F)cc2)(C(C)(C)C)C1. The largest absolute Gasteiger partial charge is 0.508 e. The van der Waals surface area contributed by atoms with Crippen molar-refractivity contribution < 1.29 is 17.9 Å². The fourth-order valence-corrected chi connectivity index (χ4v) is 4.63. The number of benzene rings is 1. The minimum Gasteiger partial charge on any atom is -0.508 e. The summed E-state index contributed by atoms with van der Waals surface area (Å²) < 4.78 is 39.4. The summed E-state index contributed by atoms with van der Waals surface area (Å²) in [5.41, 5.74) is -0.786. The number of hydrogen-bond donors (Lipinski definition) is 1. The van der Waals surface area contributed by atoms with Crippen molar-refractivity contribution in [1.29, 1.82) is 5.26 Å². The highest BCUT2D eigenvalue weighted by molar-refractivity contribution is 7.95. The van der Waals surface area contributed by atoms with E-state index in [1.165, 1.54) is 6.08 Å². The van der Waals surface area contributed by atoms with Crippen LogP contribution in [0.3, 0.4) is 0 Å². The molecule has 1 aliphatic rings. The van der Waals surface area contributed by atoms with Gasteiger partial charge in [-0.15, -0.1) is 0 Å². The molecule has 1 aromatic rings. The zero-order chi connectivity index (χ0) is 22.3. The van der Waals surface area contributed by atoms with Crippen molar-refractivity contribution in [3.63, 3.8) is 0 Å². The van der Waals surface area contributed by atoms with Crippen LogP contribution in [0, 0.1) is 33.4 Å². The second kappa shape index (κ2) is 7.46. The van der Waals surface area contributed by atoms with Gasteiger partial charge in [0, 0.05) is 5.41 Å². The lowest BCUT2D eigenvalue weighted by molar-refractivity contribution is 0.184. The van der Waals surface area contributed by atoms with Gasteiger partial charge in [-0.25, -0.2) is 12.8 Å². The number of sulfone groups is 1. The van der Waals surface area contributed by atoms with E-state index in [1.807, 2.05) is 47.6 Å². The topological polar surface area (TPSA) is 78.2 Å². The summed E-state index contributed by atoms with van der Waals surface area (Å²) in [5.74, 6) is -0.381. The average molecular weight is 418 g/mol. The number of nitriles is 1. The Kier molecular flexibility index (Phi) is 5.89. The summed E-state index contributed by atoms with van der Waals surface area (Å²) in [7, 11) is -4.11. The van der Waals surface area contributed by atoms with Gasteiger partial charge in [0.1, 0.15) is 22.6 Å². The van der Waals surface area contributed by atoms with Crippen LogP contribution in [0.4, 0.5) is 4.39 Å². The summed E-state index contributed by atoms with van der Waals surface area (Å²) in [4.78, 5) is -0.525. The molecule has 0 radical (unpaired) electrons. The van der Waals surface area contributed by atoms with E-state index < -0.39 is 31.4 Å². The number of hydrogen-bond acceptors (Lipinski definition) is 4. The molecule has 0 heterocycles. The van der Waals surface area contributed by atoms with E-state index in [1.54, 1.807) is 12.2 Å². The second-order valence-corrected chi connectivity index (χ2v) is 11.4. The first-order chi connectivity index (χ1) is 13.1. The van der Waals surface area contributed by atoms with Gasteiger partial charge in [0.15, 0.2) is 0 Å². The van der Waals surface area contributed by atoms with E-state index >= 15 is 0 Å². The van der Waals surface area contributed by atoms with Crippen molar-refractivity contribution in [3.05, 3.63) is 64.5 Å². The van der Waals surface area contributed by atoms with Crippen LogP contribution in [0.1, 0.15) is 48.0 Å². The number of halogens is 1. The molecular weight excluding hydrogens is 389 g/mol. The molecule has 1 unspecified atom stereocenters. The number of allylic oxidation sites excluding steroid dienone is 5. The van der Waals surface area contributed by atoms with Gasteiger partial charge < -0.3 is 5.11 Å². The van der Waals surface area contributed by atoms with Crippen LogP contribution in [-0.2, 0) is 9.84 Å². The molecule has 6 heteroatoms. The molecule has 0 amide bonds. The highest BCUT2D eigenvalue weighted by atomic mass is 32.2. The number of nitrogens with zero attached hydrogens (tertiary/aromatic N) is 1. The highest BCUT2D eigenvalue weighted by Crippen LogP contribution is 2.52. The van der Waals surface area contributed by atoms with E-state index in [9.17, 15) is 23.2 Å². The minimum absolute atomic E-state index is 0.134. The minimum atomic E-state index is -4.11. The predicted octanol–water partition coefficient (Wildman–Crippen LogP) is 5.86. The van der Waals surface area contributed by atoms with E-state index in [4.69, 9.17) is 0 Å². The number of aliphatic hydroxyl groups excluding tert-OH is 1. The fraction of sp³-hybridized carbons (Fsp3) is 0.435. The van der Waals surface area contributed by atoms with Crippen LogP contribution in [-0.4, -0.2) is 13.5 Å². The quantitative estimate of drug-likeness (QED) is 0.494. The lowest BCUT2D eigenvalue weighted by Crippen LogP contribution is -2.37. The Labute approximate surface area is 173 Å². The van der Waals surface area contributed by atoms with E-state index in [2.05, 4.69) is 0 Å². The van der Waals surface area contributed by atoms with Crippen LogP contribution >= 0.6 is 0 Å². The number of aliphatic hydroxyl groups is 1.